The number of phosphoric ester groups is 1. The Hall–Kier alpha value is -2.38. The van der Waals surface area contributed by atoms with Gasteiger partial charge in [0.05, 0.1) is 25.6 Å². The highest BCUT2D eigenvalue weighted by molar-refractivity contribution is 7.48. The van der Waals surface area contributed by atoms with Gasteiger partial charge in [0.15, 0.2) is 23.1 Å². The van der Waals surface area contributed by atoms with Crippen LogP contribution in [0.2, 0.25) is 0 Å². The summed E-state index contributed by atoms with van der Waals surface area (Å²) in [6.45, 7) is 4.30. The molecular weight excluding hydrogens is 464 g/mol. The molecule has 5 atom stereocenters. The number of fused-ring (bicyclic) bond motifs is 2. The molecule has 13 nitrogen and oxygen atoms in total. The molecule has 0 radical (unpaired) electrons. The molecule has 2 saturated heterocycles. The molecule has 4 rings (SSSR count). The number of aromatic amines is 1. The number of alkyl halides is 1. The van der Waals surface area contributed by atoms with Crippen molar-refractivity contribution < 1.29 is 36.8 Å². The third-order valence-electron chi connectivity index (χ3n) is 5.17. The quantitative estimate of drug-likeness (QED) is 0.329. The average molecular weight is 489 g/mol. The molecule has 33 heavy (non-hydrogen) atoms. The minimum Gasteiger partial charge on any atom is -0.463 e. The molecule has 2 aliphatic rings. The largest absolute Gasteiger partial charge is 0.475 e. The van der Waals surface area contributed by atoms with Crippen molar-refractivity contribution in [1.29, 1.82) is 0 Å². The molecule has 4 heterocycles. The second-order valence-electron chi connectivity index (χ2n) is 8.20. The Morgan fingerprint density at radius 3 is 3.00 bits per heavy atom. The summed E-state index contributed by atoms with van der Waals surface area (Å²) in [5, 5.41) is 0. The van der Waals surface area contributed by atoms with Crippen LogP contribution in [0.25, 0.3) is 11.2 Å². The smallest absolute Gasteiger partial charge is 0.463 e. The number of hydrogen-bond acceptors (Lipinski definition) is 11. The number of anilines is 1. The van der Waals surface area contributed by atoms with Crippen LogP contribution in [0.4, 0.5) is 10.3 Å². The number of rotatable bonds is 7. The number of nitrogens with one attached hydrogen (secondary N) is 1. The van der Waals surface area contributed by atoms with Gasteiger partial charge < -0.3 is 15.2 Å². The van der Waals surface area contributed by atoms with E-state index in [1.54, 1.807) is 13.8 Å². The van der Waals surface area contributed by atoms with Crippen molar-refractivity contribution in [2.45, 2.75) is 63.8 Å². The molecule has 0 amide bonds. The Morgan fingerprint density at radius 2 is 2.27 bits per heavy atom. The van der Waals surface area contributed by atoms with Crippen LogP contribution in [-0.2, 0) is 32.4 Å². The van der Waals surface area contributed by atoms with Gasteiger partial charge in [-0.3, -0.25) is 32.7 Å². The SMILES string of the molecule is CC(C)OC(=O)CCCOP1(=O)OCC2OC(n3cnc4c(=O)[nH]c(N)nc43)C(C)(F)C2O1. The van der Waals surface area contributed by atoms with Crippen molar-refractivity contribution in [3.05, 3.63) is 16.7 Å². The lowest BCUT2D eigenvalue weighted by atomic mass is 9.98. The molecule has 3 N–H and O–H groups in total. The minimum atomic E-state index is -4.11. The molecular formula is C18H25FN5O8P. The van der Waals surface area contributed by atoms with Gasteiger partial charge in [0.1, 0.15) is 12.2 Å². The number of nitrogen functional groups attached to an aromatic ring is 1. The van der Waals surface area contributed by atoms with Crippen LogP contribution in [0, 0.1) is 0 Å². The van der Waals surface area contributed by atoms with Crippen LogP contribution in [-0.4, -0.2) is 62.7 Å². The number of phosphoric acid groups is 1. The van der Waals surface area contributed by atoms with Crippen LogP contribution in [0.5, 0.6) is 0 Å². The first-order valence-electron chi connectivity index (χ1n) is 10.3. The number of ether oxygens (including phenoxy) is 2. The number of aromatic nitrogens is 4. The highest BCUT2D eigenvalue weighted by Gasteiger charge is 2.61. The monoisotopic (exact) mass is 489 g/mol. The molecule has 182 valence electrons. The van der Waals surface area contributed by atoms with Crippen LogP contribution in [0.15, 0.2) is 11.1 Å². The van der Waals surface area contributed by atoms with E-state index in [2.05, 4.69) is 15.0 Å². The predicted molar refractivity (Wildman–Crippen MR) is 111 cm³/mol. The van der Waals surface area contributed by atoms with Crippen LogP contribution in [0.1, 0.15) is 39.8 Å². The van der Waals surface area contributed by atoms with Gasteiger partial charge in [0.25, 0.3) is 5.56 Å². The Labute approximate surface area is 187 Å². The first-order valence-corrected chi connectivity index (χ1v) is 11.8. The Balaban J connectivity index is 1.45. The number of hydrogen-bond donors (Lipinski definition) is 2. The maximum absolute atomic E-state index is 15.9. The summed E-state index contributed by atoms with van der Waals surface area (Å²) in [5.74, 6) is -0.582. The van der Waals surface area contributed by atoms with Gasteiger partial charge in [0, 0.05) is 6.42 Å². The molecule has 0 saturated carbocycles. The standard InChI is InChI=1S/C18H25FN5O8P/c1-9(2)30-11(25)5-4-6-28-33(27)29-7-10-13(32-33)18(3,19)16(31-10)24-8-21-12-14(24)22-17(20)23-15(12)26/h8-10,13,16H,4-7H2,1-3H3,(H3,20,22,23,26). The normalized spacial score (nSPS) is 31.7. The van der Waals surface area contributed by atoms with Crippen molar-refractivity contribution in [3.63, 3.8) is 0 Å². The van der Waals surface area contributed by atoms with Gasteiger partial charge in [-0.2, -0.15) is 4.98 Å². The van der Waals surface area contributed by atoms with Gasteiger partial charge in [-0.1, -0.05) is 0 Å². The summed E-state index contributed by atoms with van der Waals surface area (Å²) in [4.78, 5) is 33.9. The van der Waals surface area contributed by atoms with Gasteiger partial charge >= 0.3 is 13.8 Å². The predicted octanol–water partition coefficient (Wildman–Crippen LogP) is 1.60. The molecule has 2 fully saturated rings. The zero-order chi connectivity index (χ0) is 24.0. The second kappa shape index (κ2) is 8.76. The molecule has 5 unspecified atom stereocenters. The molecule has 0 bridgehead atoms. The molecule has 0 aromatic carbocycles. The van der Waals surface area contributed by atoms with E-state index < -0.39 is 43.5 Å². The highest BCUT2D eigenvalue weighted by Crippen LogP contribution is 2.59. The molecule has 2 aliphatic heterocycles. The number of halogens is 1. The lowest BCUT2D eigenvalue weighted by molar-refractivity contribution is -0.147. The summed E-state index contributed by atoms with van der Waals surface area (Å²) in [7, 11) is -4.11. The van der Waals surface area contributed by atoms with Crippen LogP contribution in [0.3, 0.4) is 0 Å². The van der Waals surface area contributed by atoms with E-state index in [1.807, 2.05) is 0 Å². The van der Waals surface area contributed by atoms with E-state index in [0.29, 0.717) is 0 Å². The molecule has 2 aromatic rings. The number of carbonyl (C=O) groups is 1. The number of nitrogens with two attached hydrogens (primary N) is 1. The first kappa shape index (κ1) is 23.8. The van der Waals surface area contributed by atoms with E-state index in [4.69, 9.17) is 28.8 Å². The van der Waals surface area contributed by atoms with Gasteiger partial charge in [-0.25, -0.2) is 13.9 Å². The van der Waals surface area contributed by atoms with E-state index >= 15 is 4.39 Å². The van der Waals surface area contributed by atoms with E-state index in [9.17, 15) is 14.2 Å². The van der Waals surface area contributed by atoms with Crippen LogP contribution >= 0.6 is 7.82 Å². The fourth-order valence-electron chi connectivity index (χ4n) is 3.74. The van der Waals surface area contributed by atoms with Gasteiger partial charge in [-0.15, -0.1) is 0 Å². The molecule has 15 heteroatoms. The number of nitrogens with zero attached hydrogens (tertiary/aromatic N) is 3. The molecule has 0 aliphatic carbocycles. The van der Waals surface area contributed by atoms with Crippen LogP contribution < -0.4 is 11.3 Å². The van der Waals surface area contributed by atoms with Crippen molar-refractivity contribution in [2.75, 3.05) is 18.9 Å². The van der Waals surface area contributed by atoms with Crippen molar-refractivity contribution >= 4 is 30.9 Å². The summed E-state index contributed by atoms with van der Waals surface area (Å²) < 4.78 is 56.7. The summed E-state index contributed by atoms with van der Waals surface area (Å²) in [6.07, 6.45) is -2.29. The number of carbonyl (C=O) groups excluding carboxylic acids is 1. The zero-order valence-corrected chi connectivity index (χ0v) is 19.1. The van der Waals surface area contributed by atoms with Crippen molar-refractivity contribution in [1.82, 2.24) is 19.5 Å². The third-order valence-corrected chi connectivity index (χ3v) is 6.61. The number of imidazole rings is 1. The lowest BCUT2D eigenvalue weighted by Gasteiger charge is -2.33. The van der Waals surface area contributed by atoms with Gasteiger partial charge in [-0.05, 0) is 27.2 Å². The number of H-pyrrole nitrogens is 1. The first-order chi connectivity index (χ1) is 15.5. The Morgan fingerprint density at radius 1 is 1.52 bits per heavy atom. The van der Waals surface area contributed by atoms with Crippen molar-refractivity contribution in [2.24, 2.45) is 0 Å². The topological polar surface area (TPSA) is 170 Å². The van der Waals surface area contributed by atoms with E-state index in [-0.39, 0.29) is 49.3 Å². The summed E-state index contributed by atoms with van der Waals surface area (Å²) in [5.41, 5.74) is 2.78. The minimum absolute atomic E-state index is 0.0254. The maximum atomic E-state index is 15.9. The number of esters is 1. The second-order valence-corrected chi connectivity index (χ2v) is 9.82. The fraction of sp³-hybridized carbons (Fsp3) is 0.667. The van der Waals surface area contributed by atoms with Crippen molar-refractivity contribution in [3.8, 4) is 0 Å². The lowest BCUT2D eigenvalue weighted by Crippen LogP contribution is -2.44. The summed E-state index contributed by atoms with van der Waals surface area (Å²) >= 11 is 0. The fourth-order valence-corrected chi connectivity index (χ4v) is 5.24. The Bertz CT molecular complexity index is 1150. The zero-order valence-electron chi connectivity index (χ0n) is 18.2. The highest BCUT2D eigenvalue weighted by atomic mass is 31.2. The average Bonchev–Trinajstić information content (AvgIpc) is 3.23. The Kier molecular flexibility index (Phi) is 6.31. The summed E-state index contributed by atoms with van der Waals surface area (Å²) in [6, 6.07) is 0. The maximum Gasteiger partial charge on any atom is 0.475 e. The molecule has 2 aromatic heterocycles. The third kappa shape index (κ3) is 4.66. The molecule has 0 spiro atoms. The van der Waals surface area contributed by atoms with E-state index in [1.165, 1.54) is 17.8 Å². The van der Waals surface area contributed by atoms with E-state index in [0.717, 1.165) is 0 Å². The van der Waals surface area contributed by atoms with Gasteiger partial charge in [0.2, 0.25) is 5.95 Å².